The second-order valence-electron chi connectivity index (χ2n) is 11.3. The Hall–Kier alpha value is -2.53. The Bertz CT molecular complexity index is 1400. The van der Waals surface area contributed by atoms with E-state index in [1.807, 2.05) is 32.9 Å². The lowest BCUT2D eigenvalue weighted by Gasteiger charge is -2.40. The van der Waals surface area contributed by atoms with Gasteiger partial charge in [0.15, 0.2) is 0 Å². The van der Waals surface area contributed by atoms with Crippen LogP contribution in [0.25, 0.3) is 0 Å². The summed E-state index contributed by atoms with van der Waals surface area (Å²) in [5.41, 5.74) is 5.06. The molecule has 2 aromatic carbocycles. The van der Waals surface area contributed by atoms with E-state index < -0.39 is 59.2 Å². The van der Waals surface area contributed by atoms with E-state index >= 15 is 8.78 Å². The molecule has 2 heterocycles. The average molecular weight is 611 g/mol. The molecule has 0 spiro atoms. The molecule has 1 unspecified atom stereocenters. The predicted molar refractivity (Wildman–Crippen MR) is 154 cm³/mol. The van der Waals surface area contributed by atoms with E-state index in [-0.39, 0.29) is 40.6 Å². The number of carbonyl (C=O) groups excluding carboxylic acids is 1. The summed E-state index contributed by atoms with van der Waals surface area (Å²) in [7, 11) is 0. The van der Waals surface area contributed by atoms with Gasteiger partial charge in [0.25, 0.3) is 0 Å². The average Bonchev–Trinajstić information content (AvgIpc) is 3.47. The normalized spacial score (nSPS) is 23.5. The Morgan fingerprint density at radius 1 is 1.22 bits per heavy atom. The highest BCUT2D eigenvalue weighted by atomic mass is 35.5. The molecule has 6 N–H and O–H groups in total. The fourth-order valence-electron chi connectivity index (χ4n) is 5.76. The van der Waals surface area contributed by atoms with Crippen molar-refractivity contribution in [2.75, 3.05) is 13.2 Å². The number of hydrogen-bond acceptors (Lipinski definition) is 6. The molecule has 3 aromatic rings. The number of amides is 1. The van der Waals surface area contributed by atoms with Crippen LogP contribution in [0.4, 0.5) is 8.78 Å². The van der Waals surface area contributed by atoms with Crippen LogP contribution in [0.2, 0.25) is 10.0 Å². The van der Waals surface area contributed by atoms with E-state index in [9.17, 15) is 9.90 Å². The summed E-state index contributed by atoms with van der Waals surface area (Å²) in [4.78, 5) is 13.7. The highest BCUT2D eigenvalue weighted by Crippen LogP contribution is 2.50. The van der Waals surface area contributed by atoms with Gasteiger partial charge in [-0.3, -0.25) is 4.79 Å². The highest BCUT2D eigenvalue weighted by Gasteiger charge is 2.59. The predicted octanol–water partition coefficient (Wildman–Crippen LogP) is 4.68. The molecule has 1 aliphatic heterocycles. The van der Waals surface area contributed by atoms with Gasteiger partial charge in [0.1, 0.15) is 23.2 Å². The van der Waals surface area contributed by atoms with Gasteiger partial charge in [-0.05, 0) is 55.7 Å². The third-order valence-corrected chi connectivity index (χ3v) is 8.44. The van der Waals surface area contributed by atoms with Crippen molar-refractivity contribution in [3.63, 3.8) is 0 Å². The molecule has 0 radical (unpaired) electrons. The number of hydrogen-bond donors (Lipinski definition) is 5. The zero-order valence-corrected chi connectivity index (χ0v) is 24.6. The minimum atomic E-state index is -1.66. The van der Waals surface area contributed by atoms with Gasteiger partial charge in [0, 0.05) is 34.5 Å². The Labute approximate surface area is 248 Å². The van der Waals surface area contributed by atoms with Crippen LogP contribution >= 0.6 is 23.2 Å². The van der Waals surface area contributed by atoms with E-state index in [1.54, 1.807) is 6.07 Å². The fraction of sp³-hybridized carbons (Fsp3) is 0.433. The van der Waals surface area contributed by atoms with Gasteiger partial charge in [0.2, 0.25) is 5.91 Å². The van der Waals surface area contributed by atoms with Crippen LogP contribution in [0.15, 0.2) is 52.9 Å². The lowest BCUT2D eigenvalue weighted by atomic mass is 9.67. The number of rotatable bonds is 10. The van der Waals surface area contributed by atoms with Crippen molar-refractivity contribution in [2.24, 2.45) is 5.73 Å². The van der Waals surface area contributed by atoms with Gasteiger partial charge >= 0.3 is 0 Å². The van der Waals surface area contributed by atoms with Gasteiger partial charge in [0.05, 0.1) is 29.3 Å². The standard InChI is InChI=1S/C30H35Cl2F2N3O4/c1-16-7-10-24(41-16)29(2,3)14-23-30(35,20-9-8-17(31)13-22(20)33)25(19-5-4-6-21(32)26(19)34)27(37-23)28(40)36-12-11-18(39)15-38/h4-10,13,18,23,25,27,37-39H,11-12,14-15,35H2,1-3H3,(H,36,40)/t18-,23-,25-,27?,30+/m0/s1. The third kappa shape index (κ3) is 6.30. The summed E-state index contributed by atoms with van der Waals surface area (Å²) in [6.07, 6.45) is -0.640. The van der Waals surface area contributed by atoms with Crippen molar-refractivity contribution >= 4 is 29.1 Å². The van der Waals surface area contributed by atoms with E-state index in [0.717, 1.165) is 11.8 Å². The minimum absolute atomic E-state index is 0.0399. The molecule has 11 heteroatoms. The Morgan fingerprint density at radius 3 is 2.59 bits per heavy atom. The molecule has 0 bridgehead atoms. The number of nitrogens with two attached hydrogens (primary N) is 1. The van der Waals surface area contributed by atoms with Gasteiger partial charge in [-0.1, -0.05) is 55.2 Å². The molecule has 0 aliphatic carbocycles. The first-order valence-electron chi connectivity index (χ1n) is 13.4. The van der Waals surface area contributed by atoms with Crippen molar-refractivity contribution in [3.8, 4) is 0 Å². The Kier molecular flexibility index (Phi) is 9.48. The first-order chi connectivity index (χ1) is 19.3. The largest absolute Gasteiger partial charge is 0.466 e. The second-order valence-corrected chi connectivity index (χ2v) is 12.1. The fourth-order valence-corrected chi connectivity index (χ4v) is 6.10. The molecule has 41 heavy (non-hydrogen) atoms. The summed E-state index contributed by atoms with van der Waals surface area (Å²) in [6, 6.07) is 10.3. The molecular formula is C30H35Cl2F2N3O4. The quantitative estimate of drug-likeness (QED) is 0.228. The number of aliphatic hydroxyl groups excluding tert-OH is 2. The first-order valence-corrected chi connectivity index (χ1v) is 14.1. The van der Waals surface area contributed by atoms with Crippen molar-refractivity contribution in [1.29, 1.82) is 0 Å². The summed E-state index contributed by atoms with van der Waals surface area (Å²) < 4.78 is 37.4. The minimum Gasteiger partial charge on any atom is -0.466 e. The molecule has 5 atom stereocenters. The monoisotopic (exact) mass is 609 g/mol. The van der Waals surface area contributed by atoms with Crippen LogP contribution in [0.5, 0.6) is 0 Å². The lowest BCUT2D eigenvalue weighted by molar-refractivity contribution is -0.123. The number of furan rings is 1. The zero-order valence-electron chi connectivity index (χ0n) is 23.1. The van der Waals surface area contributed by atoms with Crippen molar-refractivity contribution in [3.05, 3.63) is 92.9 Å². The van der Waals surface area contributed by atoms with Crippen LogP contribution in [-0.2, 0) is 15.7 Å². The smallest absolute Gasteiger partial charge is 0.237 e. The maximum Gasteiger partial charge on any atom is 0.237 e. The summed E-state index contributed by atoms with van der Waals surface area (Å²) in [5, 5.41) is 24.9. The Balaban J connectivity index is 1.87. The maximum absolute atomic E-state index is 15.7. The Morgan fingerprint density at radius 2 is 1.95 bits per heavy atom. The summed E-state index contributed by atoms with van der Waals surface area (Å²) >= 11 is 12.3. The number of halogens is 4. The third-order valence-electron chi connectivity index (χ3n) is 7.91. The number of aliphatic hydroxyl groups is 2. The van der Waals surface area contributed by atoms with Crippen molar-refractivity contribution < 1.29 is 28.2 Å². The van der Waals surface area contributed by atoms with E-state index in [2.05, 4.69) is 10.6 Å². The SMILES string of the molecule is Cc1ccc(C(C)(C)C[C@@H]2NC(C(=O)NCC[C@H](O)CO)[C@H](c3cccc(Cl)c3F)[C@@]2(N)c2ccc(Cl)cc2F)o1. The van der Waals surface area contributed by atoms with E-state index in [4.69, 9.17) is 38.5 Å². The van der Waals surface area contributed by atoms with Gasteiger partial charge in [-0.15, -0.1) is 0 Å². The van der Waals surface area contributed by atoms with Crippen molar-refractivity contribution in [1.82, 2.24) is 10.6 Å². The molecule has 1 saturated heterocycles. The van der Waals surface area contributed by atoms with Crippen LogP contribution in [0, 0.1) is 18.6 Å². The number of benzene rings is 2. The zero-order chi connectivity index (χ0) is 30.1. The molecule has 4 rings (SSSR count). The molecule has 0 saturated carbocycles. The van der Waals surface area contributed by atoms with Crippen LogP contribution in [-0.4, -0.2) is 47.5 Å². The molecule has 1 amide bonds. The lowest BCUT2D eigenvalue weighted by Crippen LogP contribution is -2.53. The maximum atomic E-state index is 15.7. The molecule has 7 nitrogen and oxygen atoms in total. The van der Waals surface area contributed by atoms with E-state index in [0.29, 0.717) is 5.76 Å². The van der Waals surface area contributed by atoms with Crippen LogP contribution in [0.1, 0.15) is 55.3 Å². The summed E-state index contributed by atoms with van der Waals surface area (Å²) in [5.74, 6) is -1.71. The van der Waals surface area contributed by atoms with Crippen LogP contribution < -0.4 is 16.4 Å². The van der Waals surface area contributed by atoms with Gasteiger partial charge < -0.3 is 31.0 Å². The molecule has 1 aliphatic rings. The molecular weight excluding hydrogens is 575 g/mol. The topological polar surface area (TPSA) is 121 Å². The number of carbonyl (C=O) groups is 1. The first kappa shape index (κ1) is 31.4. The van der Waals surface area contributed by atoms with Gasteiger partial charge in [-0.25, -0.2) is 8.78 Å². The highest BCUT2D eigenvalue weighted by molar-refractivity contribution is 6.31. The van der Waals surface area contributed by atoms with E-state index in [1.165, 1.54) is 24.3 Å². The molecule has 1 fully saturated rings. The molecule has 222 valence electrons. The van der Waals surface area contributed by atoms with Crippen LogP contribution in [0.3, 0.4) is 0 Å². The molecule has 1 aromatic heterocycles. The number of nitrogens with one attached hydrogen (secondary N) is 2. The van der Waals surface area contributed by atoms with Gasteiger partial charge in [-0.2, -0.15) is 0 Å². The van der Waals surface area contributed by atoms with Crippen molar-refractivity contribution in [2.45, 2.75) is 68.7 Å². The summed E-state index contributed by atoms with van der Waals surface area (Å²) in [6.45, 7) is 5.31. The number of aryl methyl sites for hydroxylation is 1. The second kappa shape index (κ2) is 12.4.